The van der Waals surface area contributed by atoms with Crippen LogP contribution in [0.15, 0.2) is 18.2 Å². The van der Waals surface area contributed by atoms with E-state index in [4.69, 9.17) is 17.3 Å². The second-order valence-electron chi connectivity index (χ2n) is 3.16. The Morgan fingerprint density at radius 1 is 1.67 bits per heavy atom. The fourth-order valence-corrected chi connectivity index (χ4v) is 1.41. The van der Waals surface area contributed by atoms with Crippen LogP contribution in [0.1, 0.15) is 18.5 Å². The first kappa shape index (κ1) is 11.9. The van der Waals surface area contributed by atoms with Crippen molar-refractivity contribution >= 4 is 17.5 Å². The number of rotatable bonds is 3. The Morgan fingerprint density at radius 2 is 2.33 bits per heavy atom. The van der Waals surface area contributed by atoms with Crippen molar-refractivity contribution < 1.29 is 9.18 Å². The first-order valence-corrected chi connectivity index (χ1v) is 4.86. The molecule has 0 radical (unpaired) electrons. The molecule has 0 aliphatic rings. The molecule has 0 heterocycles. The zero-order valence-electron chi connectivity index (χ0n) is 8.26. The second kappa shape index (κ2) is 5.09. The molecule has 0 aliphatic carbocycles. The van der Waals surface area contributed by atoms with E-state index in [1.54, 1.807) is 6.92 Å². The monoisotopic (exact) mass is 230 g/mol. The number of nitrogens with two attached hydrogens (primary N) is 1. The molecule has 0 aromatic heterocycles. The fraction of sp³-hybridized carbons (Fsp3) is 0.300. The van der Waals surface area contributed by atoms with E-state index in [1.165, 1.54) is 18.2 Å². The first-order chi connectivity index (χ1) is 7.04. The van der Waals surface area contributed by atoms with Gasteiger partial charge in [0.25, 0.3) is 0 Å². The smallest absolute Gasteiger partial charge is 0.234 e. The van der Waals surface area contributed by atoms with Gasteiger partial charge in [-0.1, -0.05) is 11.6 Å². The van der Waals surface area contributed by atoms with Crippen LogP contribution in [0.2, 0.25) is 5.02 Å². The van der Waals surface area contributed by atoms with E-state index in [9.17, 15) is 9.18 Å². The summed E-state index contributed by atoms with van der Waals surface area (Å²) in [5, 5.41) is 2.98. The second-order valence-corrected chi connectivity index (χ2v) is 3.60. The fourth-order valence-electron chi connectivity index (χ4n) is 1.22. The summed E-state index contributed by atoms with van der Waals surface area (Å²) < 4.78 is 13.3. The average molecular weight is 231 g/mol. The van der Waals surface area contributed by atoms with Crippen molar-refractivity contribution in [1.29, 1.82) is 0 Å². The van der Waals surface area contributed by atoms with Gasteiger partial charge in [-0.15, -0.1) is 0 Å². The molecule has 5 heteroatoms. The largest absolute Gasteiger partial charge is 0.348 e. The summed E-state index contributed by atoms with van der Waals surface area (Å²) in [6.07, 6.45) is 0. The van der Waals surface area contributed by atoms with Crippen LogP contribution in [0.25, 0.3) is 0 Å². The standard InChI is InChI=1S/C10H12ClFN2O/c1-6(14-10(15)5-13)8-4-7(11)2-3-9(8)12/h2-4,6H,5,13H2,1H3,(H,14,15). The molecule has 0 fully saturated rings. The van der Waals surface area contributed by atoms with Gasteiger partial charge in [-0.25, -0.2) is 4.39 Å². The van der Waals surface area contributed by atoms with Crippen molar-refractivity contribution in [3.8, 4) is 0 Å². The normalized spacial score (nSPS) is 12.3. The summed E-state index contributed by atoms with van der Waals surface area (Å²) >= 11 is 5.73. The minimum Gasteiger partial charge on any atom is -0.348 e. The molecule has 0 aliphatic heterocycles. The maximum Gasteiger partial charge on any atom is 0.234 e. The minimum absolute atomic E-state index is 0.119. The van der Waals surface area contributed by atoms with E-state index in [0.717, 1.165) is 0 Å². The van der Waals surface area contributed by atoms with Gasteiger partial charge in [0.05, 0.1) is 12.6 Å². The highest BCUT2D eigenvalue weighted by atomic mass is 35.5. The summed E-state index contributed by atoms with van der Waals surface area (Å²) in [6, 6.07) is 3.76. The third-order valence-electron chi connectivity index (χ3n) is 1.99. The number of halogens is 2. The van der Waals surface area contributed by atoms with Crippen LogP contribution < -0.4 is 11.1 Å². The maximum atomic E-state index is 13.3. The summed E-state index contributed by atoms with van der Waals surface area (Å²) in [5.74, 6) is -0.730. The molecule has 15 heavy (non-hydrogen) atoms. The third kappa shape index (κ3) is 3.18. The predicted molar refractivity (Wildman–Crippen MR) is 57.0 cm³/mol. The first-order valence-electron chi connectivity index (χ1n) is 4.49. The predicted octanol–water partition coefficient (Wildman–Crippen LogP) is 1.62. The van der Waals surface area contributed by atoms with Gasteiger partial charge in [-0.2, -0.15) is 0 Å². The zero-order chi connectivity index (χ0) is 11.4. The Morgan fingerprint density at radius 3 is 2.93 bits per heavy atom. The van der Waals surface area contributed by atoms with Gasteiger partial charge < -0.3 is 11.1 Å². The number of hydrogen-bond donors (Lipinski definition) is 2. The molecule has 1 rings (SSSR count). The molecular formula is C10H12ClFN2O. The lowest BCUT2D eigenvalue weighted by Gasteiger charge is -2.14. The van der Waals surface area contributed by atoms with E-state index in [2.05, 4.69) is 5.32 Å². The van der Waals surface area contributed by atoms with Crippen molar-refractivity contribution in [3.63, 3.8) is 0 Å². The van der Waals surface area contributed by atoms with Gasteiger partial charge in [-0.05, 0) is 25.1 Å². The number of amides is 1. The highest BCUT2D eigenvalue weighted by Gasteiger charge is 2.12. The molecule has 1 atom stereocenters. The molecule has 0 saturated heterocycles. The van der Waals surface area contributed by atoms with E-state index in [0.29, 0.717) is 10.6 Å². The molecule has 0 spiro atoms. The molecule has 0 bridgehead atoms. The Labute approximate surface area is 92.4 Å². The van der Waals surface area contributed by atoms with Crippen LogP contribution in [0.4, 0.5) is 4.39 Å². The van der Waals surface area contributed by atoms with Gasteiger partial charge in [0, 0.05) is 10.6 Å². The lowest BCUT2D eigenvalue weighted by Crippen LogP contribution is -2.32. The van der Waals surface area contributed by atoms with Crippen LogP contribution in [-0.2, 0) is 4.79 Å². The molecular weight excluding hydrogens is 219 g/mol. The SMILES string of the molecule is CC(NC(=O)CN)c1cc(Cl)ccc1F. The Hall–Kier alpha value is -1.13. The molecule has 1 amide bonds. The summed E-state index contributed by atoms with van der Waals surface area (Å²) in [6.45, 7) is 1.55. The summed E-state index contributed by atoms with van der Waals surface area (Å²) in [5.41, 5.74) is 5.49. The lowest BCUT2D eigenvalue weighted by atomic mass is 10.1. The maximum absolute atomic E-state index is 13.3. The van der Waals surface area contributed by atoms with Crippen LogP contribution in [-0.4, -0.2) is 12.5 Å². The quantitative estimate of drug-likeness (QED) is 0.829. The van der Waals surface area contributed by atoms with E-state index < -0.39 is 11.9 Å². The van der Waals surface area contributed by atoms with E-state index >= 15 is 0 Å². The Balaban J connectivity index is 2.85. The summed E-state index contributed by atoms with van der Waals surface area (Å²) in [4.78, 5) is 11.0. The van der Waals surface area contributed by atoms with Gasteiger partial charge in [0.15, 0.2) is 0 Å². The Bertz CT molecular complexity index is 370. The van der Waals surface area contributed by atoms with Crippen LogP contribution >= 0.6 is 11.6 Å². The van der Waals surface area contributed by atoms with Crippen molar-refractivity contribution in [2.24, 2.45) is 5.73 Å². The molecule has 3 N–H and O–H groups in total. The number of hydrogen-bond acceptors (Lipinski definition) is 2. The van der Waals surface area contributed by atoms with Gasteiger partial charge in [0.2, 0.25) is 5.91 Å². The highest BCUT2D eigenvalue weighted by molar-refractivity contribution is 6.30. The van der Waals surface area contributed by atoms with E-state index in [1.807, 2.05) is 0 Å². The van der Waals surface area contributed by atoms with Crippen molar-refractivity contribution in [2.75, 3.05) is 6.54 Å². The minimum atomic E-state index is -0.445. The van der Waals surface area contributed by atoms with Gasteiger partial charge in [-0.3, -0.25) is 4.79 Å². The van der Waals surface area contributed by atoms with Crippen molar-refractivity contribution in [3.05, 3.63) is 34.6 Å². The highest BCUT2D eigenvalue weighted by Crippen LogP contribution is 2.20. The van der Waals surface area contributed by atoms with Crippen molar-refractivity contribution in [1.82, 2.24) is 5.32 Å². The number of carbonyl (C=O) groups excluding carboxylic acids is 1. The van der Waals surface area contributed by atoms with Gasteiger partial charge >= 0.3 is 0 Å². The van der Waals surface area contributed by atoms with E-state index in [-0.39, 0.29) is 12.5 Å². The zero-order valence-corrected chi connectivity index (χ0v) is 9.01. The number of nitrogens with one attached hydrogen (secondary N) is 1. The number of benzene rings is 1. The molecule has 1 aromatic rings. The molecule has 82 valence electrons. The molecule has 3 nitrogen and oxygen atoms in total. The topological polar surface area (TPSA) is 55.1 Å². The van der Waals surface area contributed by atoms with Crippen LogP contribution in [0.3, 0.4) is 0 Å². The molecule has 1 unspecified atom stereocenters. The van der Waals surface area contributed by atoms with Gasteiger partial charge in [0.1, 0.15) is 5.82 Å². The molecule has 0 saturated carbocycles. The van der Waals surface area contributed by atoms with Crippen LogP contribution in [0, 0.1) is 5.82 Å². The third-order valence-corrected chi connectivity index (χ3v) is 2.22. The van der Waals surface area contributed by atoms with Crippen molar-refractivity contribution in [2.45, 2.75) is 13.0 Å². The average Bonchev–Trinajstić information content (AvgIpc) is 2.21. The molecule has 1 aromatic carbocycles. The number of carbonyl (C=O) groups is 1. The Kier molecular flexibility index (Phi) is 4.05. The lowest BCUT2D eigenvalue weighted by molar-refractivity contribution is -0.120. The van der Waals surface area contributed by atoms with Crippen LogP contribution in [0.5, 0.6) is 0 Å². The summed E-state index contributed by atoms with van der Waals surface area (Å²) in [7, 11) is 0.